The van der Waals surface area contributed by atoms with Gasteiger partial charge in [-0.25, -0.2) is 4.79 Å². The first-order chi connectivity index (χ1) is 7.18. The molecule has 0 spiro atoms. The third kappa shape index (κ3) is 1.98. The van der Waals surface area contributed by atoms with Gasteiger partial charge in [-0.1, -0.05) is 17.7 Å². The Labute approximate surface area is 94.5 Å². The van der Waals surface area contributed by atoms with Gasteiger partial charge >= 0.3 is 5.97 Å². The molecule has 0 aliphatic rings. The molecule has 1 aromatic carbocycles. The fourth-order valence-electron chi connectivity index (χ4n) is 1.14. The molecule has 76 valence electrons. The number of aromatic carboxylic acids is 1. The van der Waals surface area contributed by atoms with E-state index in [0.717, 1.165) is 17.3 Å². The van der Waals surface area contributed by atoms with Crippen molar-refractivity contribution in [3.63, 3.8) is 0 Å². The maximum absolute atomic E-state index is 10.7. The summed E-state index contributed by atoms with van der Waals surface area (Å²) in [6.07, 6.45) is 1.61. The lowest BCUT2D eigenvalue weighted by Crippen LogP contribution is -1.97. The molecule has 0 saturated carbocycles. The largest absolute Gasteiger partial charge is 0.478 e. The zero-order valence-electron chi connectivity index (χ0n) is 7.35. The molecular weight excluding hydrogens is 236 g/mol. The number of hydrogen-bond donors (Lipinski definition) is 1. The first-order valence-electron chi connectivity index (χ1n) is 3.99. The van der Waals surface area contributed by atoms with Gasteiger partial charge in [-0.2, -0.15) is 8.75 Å². The molecule has 0 aliphatic carbocycles. The molecule has 1 heterocycles. The van der Waals surface area contributed by atoms with Crippen molar-refractivity contribution in [2.45, 2.75) is 0 Å². The average Bonchev–Trinajstić information content (AvgIpc) is 2.69. The van der Waals surface area contributed by atoms with E-state index in [1.54, 1.807) is 18.3 Å². The van der Waals surface area contributed by atoms with E-state index in [4.69, 9.17) is 16.7 Å². The van der Waals surface area contributed by atoms with Crippen molar-refractivity contribution in [2.24, 2.45) is 0 Å². The molecule has 0 saturated heterocycles. The summed E-state index contributed by atoms with van der Waals surface area (Å²) >= 11 is 6.91. The number of carboxylic acids is 1. The van der Waals surface area contributed by atoms with E-state index < -0.39 is 5.97 Å². The second-order valence-corrected chi connectivity index (χ2v) is 3.76. The molecular formula is C9H5ClN2O2S. The standard InChI is InChI=1S/C9H5ClN2O2S/c10-7-3-5(8-4-11-15-12-8)1-2-6(7)9(13)14/h1-4H,(H,13,14). The van der Waals surface area contributed by atoms with Crippen LogP contribution in [-0.4, -0.2) is 19.8 Å². The Morgan fingerprint density at radius 3 is 2.80 bits per heavy atom. The smallest absolute Gasteiger partial charge is 0.337 e. The number of hydrogen-bond acceptors (Lipinski definition) is 4. The SMILES string of the molecule is O=C(O)c1ccc(-c2cnsn2)cc1Cl. The Morgan fingerprint density at radius 1 is 1.47 bits per heavy atom. The maximum atomic E-state index is 10.7. The van der Waals surface area contributed by atoms with Crippen LogP contribution in [0.25, 0.3) is 11.3 Å². The van der Waals surface area contributed by atoms with Gasteiger partial charge in [0.2, 0.25) is 0 Å². The summed E-state index contributed by atoms with van der Waals surface area (Å²) in [5, 5.41) is 8.98. The minimum absolute atomic E-state index is 0.0867. The molecule has 6 heteroatoms. The number of rotatable bonds is 2. The molecule has 2 aromatic rings. The van der Waals surface area contributed by atoms with Crippen LogP contribution >= 0.6 is 23.3 Å². The Bertz CT molecular complexity index is 499. The molecule has 0 unspecified atom stereocenters. The van der Waals surface area contributed by atoms with E-state index in [0.29, 0.717) is 5.69 Å². The highest BCUT2D eigenvalue weighted by Crippen LogP contribution is 2.24. The molecule has 2 rings (SSSR count). The van der Waals surface area contributed by atoms with Crippen LogP contribution in [0.4, 0.5) is 0 Å². The summed E-state index contributed by atoms with van der Waals surface area (Å²) in [6, 6.07) is 4.69. The molecule has 0 bridgehead atoms. The van der Waals surface area contributed by atoms with Crippen LogP contribution in [0.3, 0.4) is 0 Å². The van der Waals surface area contributed by atoms with Gasteiger partial charge < -0.3 is 5.11 Å². The summed E-state index contributed by atoms with van der Waals surface area (Å²) in [6.45, 7) is 0. The van der Waals surface area contributed by atoms with Crippen LogP contribution in [0.1, 0.15) is 10.4 Å². The van der Waals surface area contributed by atoms with Crippen molar-refractivity contribution in [3.05, 3.63) is 35.0 Å². The summed E-state index contributed by atoms with van der Waals surface area (Å²) in [7, 11) is 0. The number of aromatic nitrogens is 2. The first kappa shape index (κ1) is 10.1. The van der Waals surface area contributed by atoms with E-state index in [9.17, 15) is 4.79 Å². The van der Waals surface area contributed by atoms with Crippen molar-refractivity contribution in [1.29, 1.82) is 0 Å². The Balaban J connectivity index is 2.47. The monoisotopic (exact) mass is 240 g/mol. The molecule has 1 aromatic heterocycles. The molecule has 4 nitrogen and oxygen atoms in total. The molecule has 0 radical (unpaired) electrons. The van der Waals surface area contributed by atoms with Crippen molar-refractivity contribution in [1.82, 2.24) is 8.75 Å². The van der Waals surface area contributed by atoms with Crippen LogP contribution in [0.2, 0.25) is 5.02 Å². The van der Waals surface area contributed by atoms with Gasteiger partial charge in [0.05, 0.1) is 28.5 Å². The number of carboxylic acid groups (broad SMARTS) is 1. The zero-order valence-corrected chi connectivity index (χ0v) is 8.92. The molecule has 0 atom stereocenters. The van der Waals surface area contributed by atoms with Gasteiger partial charge in [0.1, 0.15) is 5.69 Å². The van der Waals surface area contributed by atoms with Crippen LogP contribution in [0.5, 0.6) is 0 Å². The van der Waals surface area contributed by atoms with E-state index in [2.05, 4.69) is 8.75 Å². The van der Waals surface area contributed by atoms with Gasteiger partial charge in [0.25, 0.3) is 0 Å². The summed E-state index contributed by atoms with van der Waals surface area (Å²) in [5.41, 5.74) is 1.54. The lowest BCUT2D eigenvalue weighted by Gasteiger charge is -2.00. The third-order valence-electron chi connectivity index (χ3n) is 1.86. The van der Waals surface area contributed by atoms with Crippen LogP contribution in [0, 0.1) is 0 Å². The van der Waals surface area contributed by atoms with Gasteiger partial charge in [0.15, 0.2) is 0 Å². The number of nitrogens with zero attached hydrogens (tertiary/aromatic N) is 2. The van der Waals surface area contributed by atoms with Crippen molar-refractivity contribution < 1.29 is 9.90 Å². The Hall–Kier alpha value is -1.46. The average molecular weight is 241 g/mol. The van der Waals surface area contributed by atoms with E-state index in [1.807, 2.05) is 0 Å². The minimum atomic E-state index is -1.04. The highest BCUT2D eigenvalue weighted by atomic mass is 35.5. The normalized spacial score (nSPS) is 10.2. The van der Waals surface area contributed by atoms with Crippen LogP contribution in [0.15, 0.2) is 24.4 Å². The second-order valence-electron chi connectivity index (χ2n) is 2.79. The molecule has 15 heavy (non-hydrogen) atoms. The van der Waals surface area contributed by atoms with Crippen molar-refractivity contribution >= 4 is 29.3 Å². The predicted octanol–water partition coefficient (Wildman–Crippen LogP) is 2.56. The number of halogens is 1. The predicted molar refractivity (Wildman–Crippen MR) is 57.3 cm³/mol. The first-order valence-corrected chi connectivity index (χ1v) is 5.10. The number of benzene rings is 1. The highest BCUT2D eigenvalue weighted by molar-refractivity contribution is 6.99. The van der Waals surface area contributed by atoms with Gasteiger partial charge in [-0.15, -0.1) is 0 Å². The second kappa shape index (κ2) is 3.96. The topological polar surface area (TPSA) is 63.1 Å². The zero-order chi connectivity index (χ0) is 10.8. The summed E-state index contributed by atoms with van der Waals surface area (Å²) < 4.78 is 7.88. The van der Waals surface area contributed by atoms with Crippen molar-refractivity contribution in [3.8, 4) is 11.3 Å². The Morgan fingerprint density at radius 2 is 2.27 bits per heavy atom. The lowest BCUT2D eigenvalue weighted by atomic mass is 10.1. The molecule has 0 amide bonds. The molecule has 0 aliphatic heterocycles. The third-order valence-corrected chi connectivity index (χ3v) is 2.65. The van der Waals surface area contributed by atoms with Crippen LogP contribution < -0.4 is 0 Å². The highest BCUT2D eigenvalue weighted by Gasteiger charge is 2.10. The Kier molecular flexibility index (Phi) is 2.66. The van der Waals surface area contributed by atoms with E-state index >= 15 is 0 Å². The van der Waals surface area contributed by atoms with E-state index in [1.165, 1.54) is 6.07 Å². The number of carbonyl (C=O) groups is 1. The van der Waals surface area contributed by atoms with Gasteiger partial charge in [0, 0.05) is 5.56 Å². The van der Waals surface area contributed by atoms with Gasteiger partial charge in [-0.3, -0.25) is 0 Å². The lowest BCUT2D eigenvalue weighted by molar-refractivity contribution is 0.0697. The fourth-order valence-corrected chi connectivity index (χ4v) is 1.84. The van der Waals surface area contributed by atoms with Crippen molar-refractivity contribution in [2.75, 3.05) is 0 Å². The molecule has 1 N–H and O–H groups in total. The molecule has 0 fully saturated rings. The fraction of sp³-hybridized carbons (Fsp3) is 0. The summed E-state index contributed by atoms with van der Waals surface area (Å²) in [5.74, 6) is -1.04. The van der Waals surface area contributed by atoms with Crippen LogP contribution in [-0.2, 0) is 0 Å². The quantitative estimate of drug-likeness (QED) is 0.876. The summed E-state index contributed by atoms with van der Waals surface area (Å²) in [4.78, 5) is 10.7. The van der Waals surface area contributed by atoms with Gasteiger partial charge in [-0.05, 0) is 12.1 Å². The van der Waals surface area contributed by atoms with E-state index in [-0.39, 0.29) is 10.6 Å². The minimum Gasteiger partial charge on any atom is -0.478 e. The maximum Gasteiger partial charge on any atom is 0.337 e.